The number of benzene rings is 6. The maximum Gasteiger partial charge on any atom is 0.0809 e. The SMILES string of the molecule is ClC1=C(Cl)/C(=C(/c2c(Cl)c(Cl)c(Cl)c(Cl)c2Cl)c2c(Cl)c(Cl)c(/C=C/c3ccc(/C=C/c4c(Cl)c(Cl)c([C](c5c(Cl)c(Cl)c(Cl)c(Cl)c5Cl)c5c(Cl)c(Cl)c(Cl)c(Cl)c5Cl)c(Cl)c4Cl)cc3)c(Cl)c2Cl)[C-](Cl)C(Cl)=C1Cl. The van der Waals surface area contributed by atoms with Crippen molar-refractivity contribution in [3.63, 3.8) is 0 Å². The van der Waals surface area contributed by atoms with Gasteiger partial charge < -0.3 is 0 Å². The molecule has 0 atom stereocenters. The monoisotopic (exact) mass is 1560 g/mol. The summed E-state index contributed by atoms with van der Waals surface area (Å²) in [5.74, 6) is -0.0953. The molecule has 0 heterocycles. The molecule has 0 unspecified atom stereocenters. The van der Waals surface area contributed by atoms with Gasteiger partial charge in [-0.25, -0.2) is 0 Å². The van der Waals surface area contributed by atoms with E-state index in [4.69, 9.17) is 325 Å². The first-order chi connectivity index (χ1) is 35.4. The van der Waals surface area contributed by atoms with Crippen molar-refractivity contribution < 1.29 is 0 Å². The molecule has 76 heavy (non-hydrogen) atoms. The first-order valence-electron chi connectivity index (χ1n) is 19.4. The maximum atomic E-state index is 7.09. The van der Waals surface area contributed by atoms with Gasteiger partial charge in [0.1, 0.15) is 0 Å². The first-order valence-corrected chi connectivity index (χ1v) is 30.0. The number of allylic oxidation sites excluding steroid dienone is 5. The molecule has 0 bridgehead atoms. The normalized spacial score (nSPS) is 14.1. The van der Waals surface area contributed by atoms with Crippen LogP contribution in [0.1, 0.15) is 50.1 Å². The molecular weight excluding hydrogens is 1570 g/mol. The van der Waals surface area contributed by atoms with Gasteiger partial charge in [0.25, 0.3) is 0 Å². The average molecular weight is 1580 g/mol. The van der Waals surface area contributed by atoms with E-state index in [1.54, 1.807) is 48.6 Å². The van der Waals surface area contributed by atoms with E-state index in [0.29, 0.717) is 11.1 Å². The van der Waals surface area contributed by atoms with Crippen LogP contribution in [0.3, 0.4) is 0 Å². The second-order valence-electron chi connectivity index (χ2n) is 15.0. The van der Waals surface area contributed by atoms with E-state index in [9.17, 15) is 0 Å². The maximum absolute atomic E-state index is 7.09. The molecule has 0 fully saturated rings. The molecule has 0 nitrogen and oxygen atoms in total. The van der Waals surface area contributed by atoms with E-state index >= 15 is 0 Å². The second-order valence-corrected chi connectivity index (χ2v) is 25.5. The lowest BCUT2D eigenvalue weighted by atomic mass is 9.84. The molecule has 397 valence electrons. The van der Waals surface area contributed by atoms with E-state index in [0.717, 1.165) is 0 Å². The molecule has 28 heteroatoms. The predicted molar refractivity (Wildman–Crippen MR) is 345 cm³/mol. The van der Waals surface area contributed by atoms with Gasteiger partial charge in [-0.3, -0.25) is 0 Å². The number of hydrogen-bond donors (Lipinski definition) is 0. The summed E-state index contributed by atoms with van der Waals surface area (Å²) in [6.45, 7) is 0. The van der Waals surface area contributed by atoms with Crippen LogP contribution in [0, 0.1) is 11.3 Å². The standard InChI is InChI=1S/C48H8Cl28/c49-21-11(22(50)26(54)15(25(21)53)13(17-29(57)37(65)45(73)38(66)30(17)58)18-31(59)39(67)46(74)40(68)32(18)60)7-5-9-1-2-10(4-3-9)6-8-12-23(51)27(55)16(28(56)24(12)52)14(19-33(61)41(69)47(75)42(70)34(19)62)20-35(63)43(71)48(76)44(72)36(20)64/h1-8H/q-1/b7-5+,8-6+. The van der Waals surface area contributed by atoms with E-state index in [-0.39, 0.29) is 197 Å². The Labute approximate surface area is 573 Å². The summed E-state index contributed by atoms with van der Waals surface area (Å²) in [5.41, 5.74) is 0.986. The van der Waals surface area contributed by atoms with Gasteiger partial charge in [-0.1, -0.05) is 321 Å². The van der Waals surface area contributed by atoms with Crippen molar-refractivity contribution in [1.29, 1.82) is 0 Å². The van der Waals surface area contributed by atoms with Gasteiger partial charge in [0.05, 0.1) is 121 Å². The Balaban J connectivity index is 1.29. The highest BCUT2D eigenvalue weighted by atomic mass is 35.5. The van der Waals surface area contributed by atoms with Gasteiger partial charge in [-0.2, -0.15) is 0 Å². The van der Waals surface area contributed by atoms with Crippen LogP contribution < -0.4 is 0 Å². The highest BCUT2D eigenvalue weighted by Crippen LogP contribution is 2.61. The van der Waals surface area contributed by atoms with Crippen LogP contribution in [0.25, 0.3) is 29.9 Å². The average Bonchev–Trinajstić information content (AvgIpc) is 3.43. The van der Waals surface area contributed by atoms with E-state index in [2.05, 4.69) is 0 Å². The topological polar surface area (TPSA) is 0 Å². The summed E-state index contributed by atoms with van der Waals surface area (Å²) in [6, 6.07) is 7.04. The van der Waals surface area contributed by atoms with Gasteiger partial charge in [-0.05, 0) is 47.8 Å². The van der Waals surface area contributed by atoms with Crippen molar-refractivity contribution in [2.24, 2.45) is 0 Å². The quantitative estimate of drug-likeness (QED) is 0.0445. The van der Waals surface area contributed by atoms with Crippen molar-refractivity contribution in [2.45, 2.75) is 0 Å². The summed E-state index contributed by atoms with van der Waals surface area (Å²) >= 11 is 189. The molecule has 0 spiro atoms. The molecule has 0 saturated heterocycles. The summed E-state index contributed by atoms with van der Waals surface area (Å²) in [4.78, 5) is 0. The Morgan fingerprint density at radius 1 is 0.263 bits per heavy atom. The van der Waals surface area contributed by atoms with Crippen LogP contribution in [0.2, 0.25) is 116 Å². The second kappa shape index (κ2) is 26.3. The Morgan fingerprint density at radius 3 is 0.789 bits per heavy atom. The summed E-state index contributed by atoms with van der Waals surface area (Å²) in [5, 5.41) is -5.25. The molecule has 0 aliphatic heterocycles. The highest BCUT2D eigenvalue weighted by Gasteiger charge is 2.39. The predicted octanol–water partition coefficient (Wildman–Crippen LogP) is 30.0. The number of rotatable bonds is 9. The van der Waals surface area contributed by atoms with Crippen molar-refractivity contribution in [2.75, 3.05) is 0 Å². The highest BCUT2D eigenvalue weighted by molar-refractivity contribution is 6.61. The minimum absolute atomic E-state index is 0.0884. The minimum Gasteiger partial charge on any atom is -0.145 e. The van der Waals surface area contributed by atoms with Crippen molar-refractivity contribution >= 4 is 355 Å². The molecule has 1 aliphatic carbocycles. The zero-order valence-corrected chi connectivity index (χ0v) is 56.4. The molecule has 0 saturated carbocycles. The van der Waals surface area contributed by atoms with Crippen LogP contribution in [0.15, 0.2) is 50.0 Å². The molecule has 6 aromatic carbocycles. The fraction of sp³-hybridized carbons (Fsp3) is 0. The molecule has 1 aliphatic rings. The van der Waals surface area contributed by atoms with Crippen LogP contribution in [-0.4, -0.2) is 0 Å². The third-order valence-electron chi connectivity index (χ3n) is 10.8. The van der Waals surface area contributed by atoms with Gasteiger partial charge in [-0.15, -0.1) is 63.6 Å². The summed E-state index contributed by atoms with van der Waals surface area (Å²) in [6.07, 6.45) is 6.49. The zero-order valence-electron chi connectivity index (χ0n) is 35.2. The lowest BCUT2D eigenvalue weighted by Crippen LogP contribution is -2.12. The summed E-state index contributed by atoms with van der Waals surface area (Å²) in [7, 11) is 0. The fourth-order valence-corrected chi connectivity index (χ4v) is 14.8. The van der Waals surface area contributed by atoms with Gasteiger partial charge in [0.2, 0.25) is 0 Å². The van der Waals surface area contributed by atoms with E-state index < -0.39 is 0 Å². The van der Waals surface area contributed by atoms with Crippen molar-refractivity contribution in [3.8, 4) is 0 Å². The van der Waals surface area contributed by atoms with Gasteiger partial charge in [0, 0.05) is 27.8 Å². The molecule has 1 radical (unpaired) electrons. The molecular formula is C48H8Cl28-. The van der Waals surface area contributed by atoms with Crippen LogP contribution in [0.4, 0.5) is 0 Å². The molecule has 6 aromatic rings. The van der Waals surface area contributed by atoms with Crippen LogP contribution in [0.5, 0.6) is 0 Å². The number of halogens is 28. The smallest absolute Gasteiger partial charge is 0.0809 e. The Hall–Kier alpha value is 2.01. The van der Waals surface area contributed by atoms with Crippen molar-refractivity contribution in [3.05, 3.63) is 227 Å². The first kappa shape index (κ1) is 65.6. The fourth-order valence-electron chi connectivity index (χ4n) is 7.15. The Morgan fingerprint density at radius 2 is 0.500 bits per heavy atom. The minimum atomic E-state index is -0.223. The lowest BCUT2D eigenvalue weighted by molar-refractivity contribution is 1.23. The van der Waals surface area contributed by atoms with Crippen LogP contribution >= 0.6 is 325 Å². The molecule has 0 aromatic heterocycles. The number of hydrogen-bond acceptors (Lipinski definition) is 0. The summed E-state index contributed by atoms with van der Waals surface area (Å²) < 4.78 is 0. The zero-order chi connectivity index (χ0) is 56.8. The molecule has 0 amide bonds. The Bertz CT molecular complexity index is 3460. The van der Waals surface area contributed by atoms with Crippen molar-refractivity contribution in [1.82, 2.24) is 0 Å². The van der Waals surface area contributed by atoms with Gasteiger partial charge >= 0.3 is 0 Å². The molecule has 0 N–H and O–H groups in total. The largest absolute Gasteiger partial charge is 0.145 e. The van der Waals surface area contributed by atoms with Gasteiger partial charge in [0.15, 0.2) is 0 Å². The third kappa shape index (κ3) is 11.8. The molecule has 7 rings (SSSR count). The van der Waals surface area contributed by atoms with E-state index in [1.165, 1.54) is 0 Å². The Kier molecular flexibility index (Phi) is 22.7. The van der Waals surface area contributed by atoms with E-state index in [1.807, 2.05) is 0 Å². The van der Waals surface area contributed by atoms with Crippen LogP contribution in [-0.2, 0) is 0 Å². The lowest BCUT2D eigenvalue weighted by Gasteiger charge is -2.34. The third-order valence-corrected chi connectivity index (χ3v) is 23.3.